The molecule has 4 N–H and O–H groups in total. The van der Waals surface area contributed by atoms with E-state index in [9.17, 15) is 18.2 Å². The number of hydrogen-bond acceptors (Lipinski definition) is 6. The van der Waals surface area contributed by atoms with Gasteiger partial charge in [0.15, 0.2) is 0 Å². The van der Waals surface area contributed by atoms with Gasteiger partial charge in [0.2, 0.25) is 0 Å². The second-order valence-electron chi connectivity index (χ2n) is 8.31. The number of benzene rings is 4. The van der Waals surface area contributed by atoms with Crippen LogP contribution < -0.4 is 0 Å². The van der Waals surface area contributed by atoms with Crippen molar-refractivity contribution in [1.29, 1.82) is 0 Å². The third kappa shape index (κ3) is 6.63. The second kappa shape index (κ2) is 12.1. The first kappa shape index (κ1) is 27.8. The van der Waals surface area contributed by atoms with Gasteiger partial charge in [0.25, 0.3) is 0 Å². The summed E-state index contributed by atoms with van der Waals surface area (Å²) in [4.78, 5) is 0.694. The van der Waals surface area contributed by atoms with E-state index >= 15 is 0 Å². The number of rotatable bonds is 9. The van der Waals surface area contributed by atoms with Crippen molar-refractivity contribution >= 4 is 46.0 Å². The van der Waals surface area contributed by atoms with Crippen molar-refractivity contribution in [2.75, 3.05) is 14.2 Å². The monoisotopic (exact) mass is 550 g/mol. The molecule has 4 aromatic carbocycles. The van der Waals surface area contributed by atoms with Gasteiger partial charge in [0.1, 0.15) is 21.7 Å². The second-order valence-corrected chi connectivity index (χ2v) is 11.8. The van der Waals surface area contributed by atoms with Crippen molar-refractivity contribution in [2.24, 2.45) is 0 Å². The largest absolute Gasteiger partial charge is 0.304 e. The normalized spacial score (nSPS) is 13.3. The van der Waals surface area contributed by atoms with Gasteiger partial charge >= 0.3 is 0 Å². The van der Waals surface area contributed by atoms with Gasteiger partial charge in [-0.1, -0.05) is 109 Å². The third-order valence-electron chi connectivity index (χ3n) is 5.94. The van der Waals surface area contributed by atoms with Gasteiger partial charge in [-0.05, 0) is 45.5 Å². The molecule has 0 saturated carbocycles. The molecule has 198 valence electrons. The minimum Gasteiger partial charge on any atom is -0.304 e. The minimum absolute atomic E-state index is 0.347. The highest BCUT2D eigenvalue weighted by Gasteiger charge is 2.22. The highest BCUT2D eigenvalue weighted by atomic mass is 32.3. The predicted octanol–water partition coefficient (Wildman–Crippen LogP) is 9.04. The fraction of sp³-hybridized carbons (Fsp3) is 0.0667. The molecule has 0 amide bonds. The van der Waals surface area contributed by atoms with Crippen LogP contribution in [0.3, 0.4) is 0 Å². The average molecular weight is 551 g/mol. The van der Waals surface area contributed by atoms with E-state index in [4.69, 9.17) is 8.37 Å². The Morgan fingerprint density at radius 3 is 1.16 bits per heavy atom. The Labute approximate surface area is 226 Å². The van der Waals surface area contributed by atoms with Crippen molar-refractivity contribution in [3.05, 3.63) is 119 Å². The van der Waals surface area contributed by atoms with E-state index in [2.05, 4.69) is 0 Å². The highest BCUT2D eigenvalue weighted by molar-refractivity contribution is 8.20. The van der Waals surface area contributed by atoms with Crippen LogP contribution in [0, 0.1) is 0 Å². The maximum absolute atomic E-state index is 10.2. The van der Waals surface area contributed by atoms with Gasteiger partial charge in [-0.25, -0.2) is 0 Å². The molecule has 0 bridgehead atoms. The molecule has 4 aromatic rings. The summed E-state index contributed by atoms with van der Waals surface area (Å²) in [5.41, 5.74) is 5.42. The molecule has 0 aliphatic rings. The molecular weight excluding hydrogens is 520 g/mol. The van der Waals surface area contributed by atoms with Crippen molar-refractivity contribution in [1.82, 2.24) is 0 Å². The zero-order chi connectivity index (χ0) is 27.2. The summed E-state index contributed by atoms with van der Waals surface area (Å²) in [6.45, 7) is 0. The predicted molar refractivity (Wildman–Crippen MR) is 159 cm³/mol. The van der Waals surface area contributed by atoms with Crippen LogP contribution in [0.15, 0.2) is 107 Å². The van der Waals surface area contributed by atoms with Gasteiger partial charge in [0, 0.05) is 0 Å². The first-order valence-electron chi connectivity index (χ1n) is 11.7. The van der Waals surface area contributed by atoms with Crippen LogP contribution in [-0.2, 0) is 8.37 Å². The molecule has 6 nitrogen and oxygen atoms in total. The molecule has 0 unspecified atom stereocenters. The first-order chi connectivity index (χ1) is 18.2. The molecule has 4 rings (SSSR count). The lowest BCUT2D eigenvalue weighted by Gasteiger charge is -2.25. The summed E-state index contributed by atoms with van der Waals surface area (Å²) in [6, 6.07) is 30.2. The number of hydrogen-bond donors (Lipinski definition) is 4. The topological polar surface area (TPSA) is 99.4 Å². The van der Waals surface area contributed by atoms with Crippen LogP contribution in [0.2, 0.25) is 0 Å². The maximum Gasteiger partial charge on any atom is 0.115 e. The summed E-state index contributed by atoms with van der Waals surface area (Å²) in [6.07, 6.45) is 7.50. The van der Waals surface area contributed by atoms with Gasteiger partial charge < -0.3 is 18.2 Å². The zero-order valence-electron chi connectivity index (χ0n) is 21.0. The molecule has 8 heteroatoms. The maximum atomic E-state index is 10.2. The van der Waals surface area contributed by atoms with Crippen molar-refractivity contribution < 1.29 is 26.6 Å². The van der Waals surface area contributed by atoms with Crippen LogP contribution in [0.1, 0.15) is 22.3 Å². The molecule has 0 saturated heterocycles. The Bertz CT molecular complexity index is 1320. The van der Waals surface area contributed by atoms with E-state index in [1.165, 1.54) is 14.2 Å². The summed E-state index contributed by atoms with van der Waals surface area (Å²) in [5.74, 6) is 0. The highest BCUT2D eigenvalue weighted by Crippen LogP contribution is 2.51. The van der Waals surface area contributed by atoms with Crippen LogP contribution in [0.4, 0.5) is 0 Å². The lowest BCUT2D eigenvalue weighted by molar-refractivity contribution is 0.317. The lowest BCUT2D eigenvalue weighted by Crippen LogP contribution is -2.01. The molecule has 0 radical (unpaired) electrons. The molecule has 0 atom stereocenters. The first-order valence-corrected chi connectivity index (χ1v) is 14.6. The van der Waals surface area contributed by atoms with E-state index in [-0.39, 0.29) is 0 Å². The third-order valence-corrected chi connectivity index (χ3v) is 8.76. The smallest absolute Gasteiger partial charge is 0.115 e. The average Bonchev–Trinajstić information content (AvgIpc) is 2.96. The van der Waals surface area contributed by atoms with Crippen molar-refractivity contribution in [3.63, 3.8) is 0 Å². The van der Waals surface area contributed by atoms with Gasteiger partial charge in [-0.2, -0.15) is 0 Å². The Morgan fingerprint density at radius 2 is 0.816 bits per heavy atom. The summed E-state index contributed by atoms with van der Waals surface area (Å²) >= 11 is 0. The summed E-state index contributed by atoms with van der Waals surface area (Å²) < 4.78 is 50.4. The molecule has 0 heterocycles. The van der Waals surface area contributed by atoms with E-state index in [1.54, 1.807) is 24.3 Å². The van der Waals surface area contributed by atoms with Crippen molar-refractivity contribution in [2.45, 2.75) is 9.79 Å². The molecule has 0 spiro atoms. The fourth-order valence-corrected chi connectivity index (χ4v) is 5.60. The fourth-order valence-electron chi connectivity index (χ4n) is 3.85. The molecule has 0 fully saturated rings. The van der Waals surface area contributed by atoms with E-state index in [1.807, 2.05) is 97.1 Å². The molecule has 0 aliphatic carbocycles. The van der Waals surface area contributed by atoms with Crippen LogP contribution in [0.5, 0.6) is 0 Å². The Hall–Kier alpha value is -3.18. The quantitative estimate of drug-likeness (QED) is 0.155. The Balaban J connectivity index is 1.47. The van der Waals surface area contributed by atoms with Crippen LogP contribution in [-0.4, -0.2) is 32.4 Å². The van der Waals surface area contributed by atoms with E-state index < -0.39 is 21.7 Å². The molecular formula is C30H30O6S2. The van der Waals surface area contributed by atoms with Crippen LogP contribution >= 0.6 is 21.7 Å². The Kier molecular flexibility index (Phi) is 8.88. The van der Waals surface area contributed by atoms with E-state index in [0.717, 1.165) is 22.3 Å². The molecule has 0 aromatic heterocycles. The SMILES string of the molecule is COS(O)(O)c1ccccc1/C=C/c1ccc(-c2ccc(/C=C/c3ccccc3S(O)(O)OC)cc2)cc1. The summed E-state index contributed by atoms with van der Waals surface area (Å²) in [7, 11) is -4.04. The van der Waals surface area contributed by atoms with E-state index in [0.29, 0.717) is 20.9 Å². The van der Waals surface area contributed by atoms with Crippen molar-refractivity contribution in [3.8, 4) is 11.1 Å². The summed E-state index contributed by atoms with van der Waals surface area (Å²) in [5, 5.41) is 0. The molecule has 0 aliphatic heterocycles. The lowest BCUT2D eigenvalue weighted by atomic mass is 10.0. The zero-order valence-corrected chi connectivity index (χ0v) is 22.6. The van der Waals surface area contributed by atoms with Gasteiger partial charge in [-0.15, -0.1) is 0 Å². The van der Waals surface area contributed by atoms with Crippen LogP contribution in [0.25, 0.3) is 35.4 Å². The molecule has 38 heavy (non-hydrogen) atoms. The van der Waals surface area contributed by atoms with Gasteiger partial charge in [0.05, 0.1) is 24.0 Å². The standard InChI is InChI=1S/C30H30O6S2/c1-35-37(31,32)29-9-5-3-7-27(29)21-15-23-11-17-25(18-12-23)26-19-13-24(14-20-26)16-22-28-8-4-6-10-30(28)38(33,34)36-2/h3-22,31-34H,1-2H3/b21-15+,22-16+. The van der Waals surface area contributed by atoms with Gasteiger partial charge in [-0.3, -0.25) is 8.37 Å². The Morgan fingerprint density at radius 1 is 0.474 bits per heavy atom. The minimum atomic E-state index is -3.29.